The molecule has 2 aromatic rings. The van der Waals surface area contributed by atoms with E-state index in [0.717, 1.165) is 18.8 Å². The summed E-state index contributed by atoms with van der Waals surface area (Å²) in [4.78, 5) is 30.7. The standard InChI is InChI=1S/C23H26N4O3/c1-16-14-27(15-17(2)24-16)21-9-4-3-8-20(21)22(28)12-10-18-6-5-7-19(25-18)11-13-23(29)26-30/h3-13,16-17,24,30H,14-15H2,1-2H3,(H,26,29)/b12-10+,13-11+/t16-,17+. The average molecular weight is 406 g/mol. The number of nitrogens with zero attached hydrogens (tertiary/aromatic N) is 2. The molecule has 0 radical (unpaired) electrons. The van der Waals surface area contributed by atoms with Crippen molar-refractivity contribution in [1.29, 1.82) is 0 Å². The fourth-order valence-electron chi connectivity index (χ4n) is 3.58. The number of carbonyl (C=O) groups is 2. The number of para-hydroxylation sites is 1. The summed E-state index contributed by atoms with van der Waals surface area (Å²) in [5, 5.41) is 12.0. The average Bonchev–Trinajstić information content (AvgIpc) is 2.75. The smallest absolute Gasteiger partial charge is 0.267 e. The zero-order chi connectivity index (χ0) is 21.5. The van der Waals surface area contributed by atoms with Crippen LogP contribution in [-0.2, 0) is 4.79 Å². The van der Waals surface area contributed by atoms with E-state index in [9.17, 15) is 9.59 Å². The van der Waals surface area contributed by atoms with Gasteiger partial charge in [0.25, 0.3) is 5.91 Å². The summed E-state index contributed by atoms with van der Waals surface area (Å²) in [7, 11) is 0. The fraction of sp³-hybridized carbons (Fsp3) is 0.261. The molecule has 1 fully saturated rings. The van der Waals surface area contributed by atoms with E-state index in [1.54, 1.807) is 24.3 Å². The lowest BCUT2D eigenvalue weighted by Crippen LogP contribution is -2.54. The number of hydrogen-bond acceptors (Lipinski definition) is 6. The Hall–Kier alpha value is -3.29. The van der Waals surface area contributed by atoms with Gasteiger partial charge in [-0.3, -0.25) is 14.8 Å². The molecule has 0 unspecified atom stereocenters. The molecule has 3 N–H and O–H groups in total. The quantitative estimate of drug-likeness (QED) is 0.296. The number of nitrogens with one attached hydrogen (secondary N) is 2. The summed E-state index contributed by atoms with van der Waals surface area (Å²) in [6, 6.07) is 13.6. The molecule has 7 heteroatoms. The van der Waals surface area contributed by atoms with Gasteiger partial charge >= 0.3 is 0 Å². The van der Waals surface area contributed by atoms with Crippen molar-refractivity contribution in [3.63, 3.8) is 0 Å². The molecule has 1 saturated heterocycles. The summed E-state index contributed by atoms with van der Waals surface area (Å²) < 4.78 is 0. The van der Waals surface area contributed by atoms with Crippen LogP contribution in [0.2, 0.25) is 0 Å². The number of hydroxylamine groups is 1. The van der Waals surface area contributed by atoms with E-state index in [2.05, 4.69) is 29.0 Å². The Labute approximate surface area is 176 Å². The van der Waals surface area contributed by atoms with Crippen LogP contribution in [0.25, 0.3) is 12.2 Å². The van der Waals surface area contributed by atoms with E-state index in [4.69, 9.17) is 5.21 Å². The topological polar surface area (TPSA) is 94.6 Å². The Kier molecular flexibility index (Phi) is 7.11. The van der Waals surface area contributed by atoms with Gasteiger partial charge in [-0.2, -0.15) is 0 Å². The fourth-order valence-corrected chi connectivity index (χ4v) is 3.58. The van der Waals surface area contributed by atoms with Crippen LogP contribution in [-0.4, -0.2) is 47.1 Å². The first kappa shape index (κ1) is 21.4. The van der Waals surface area contributed by atoms with Gasteiger partial charge in [-0.25, -0.2) is 10.5 Å². The summed E-state index contributed by atoms with van der Waals surface area (Å²) >= 11 is 0. The molecule has 1 amide bonds. The minimum absolute atomic E-state index is 0.0909. The molecule has 1 aliphatic rings. The predicted molar refractivity (Wildman–Crippen MR) is 117 cm³/mol. The van der Waals surface area contributed by atoms with Gasteiger partial charge in [0.2, 0.25) is 0 Å². The largest absolute Gasteiger partial charge is 0.368 e. The zero-order valence-electron chi connectivity index (χ0n) is 17.1. The molecule has 0 bridgehead atoms. The number of piperazine rings is 1. The van der Waals surface area contributed by atoms with Crippen LogP contribution in [0.1, 0.15) is 35.6 Å². The van der Waals surface area contributed by atoms with Crippen molar-refractivity contribution in [2.75, 3.05) is 18.0 Å². The molecular formula is C23H26N4O3. The molecule has 1 aliphatic heterocycles. The summed E-state index contributed by atoms with van der Waals surface area (Å²) in [5.41, 5.74) is 4.25. The van der Waals surface area contributed by atoms with Gasteiger partial charge in [0.1, 0.15) is 0 Å². The second-order valence-corrected chi connectivity index (χ2v) is 7.39. The third-order valence-electron chi connectivity index (χ3n) is 4.78. The van der Waals surface area contributed by atoms with E-state index in [1.165, 1.54) is 23.7 Å². The van der Waals surface area contributed by atoms with Crippen LogP contribution in [0.3, 0.4) is 0 Å². The van der Waals surface area contributed by atoms with Gasteiger partial charge in [-0.05, 0) is 56.3 Å². The molecule has 0 spiro atoms. The van der Waals surface area contributed by atoms with Crippen molar-refractivity contribution in [3.05, 3.63) is 71.6 Å². The van der Waals surface area contributed by atoms with E-state index in [0.29, 0.717) is 29.0 Å². The van der Waals surface area contributed by atoms with Crippen molar-refractivity contribution in [3.8, 4) is 0 Å². The molecule has 1 aromatic heterocycles. The van der Waals surface area contributed by atoms with Gasteiger partial charge in [0.15, 0.2) is 5.78 Å². The molecular weight excluding hydrogens is 380 g/mol. The second-order valence-electron chi connectivity index (χ2n) is 7.39. The lowest BCUT2D eigenvalue weighted by Gasteiger charge is -2.38. The predicted octanol–water partition coefficient (Wildman–Crippen LogP) is 2.68. The van der Waals surface area contributed by atoms with Crippen molar-refractivity contribution < 1.29 is 14.8 Å². The number of anilines is 1. The third-order valence-corrected chi connectivity index (χ3v) is 4.78. The number of aromatic nitrogens is 1. The number of rotatable bonds is 6. The van der Waals surface area contributed by atoms with Crippen LogP contribution in [0.15, 0.2) is 54.6 Å². The van der Waals surface area contributed by atoms with Gasteiger partial charge in [-0.1, -0.05) is 18.2 Å². The van der Waals surface area contributed by atoms with Crippen LogP contribution < -0.4 is 15.7 Å². The molecule has 7 nitrogen and oxygen atoms in total. The van der Waals surface area contributed by atoms with Gasteiger partial charge in [-0.15, -0.1) is 0 Å². The van der Waals surface area contributed by atoms with Crippen molar-refractivity contribution >= 4 is 29.5 Å². The number of hydrogen-bond donors (Lipinski definition) is 3. The molecule has 3 rings (SSSR count). The highest BCUT2D eigenvalue weighted by Crippen LogP contribution is 2.24. The first-order valence-electron chi connectivity index (χ1n) is 9.88. The Bertz CT molecular complexity index is 960. The van der Waals surface area contributed by atoms with Crippen LogP contribution in [0.5, 0.6) is 0 Å². The minimum atomic E-state index is -0.638. The summed E-state index contributed by atoms with van der Waals surface area (Å²) in [5.74, 6) is -0.729. The summed E-state index contributed by atoms with van der Waals surface area (Å²) in [6.45, 7) is 5.97. The van der Waals surface area contributed by atoms with Gasteiger partial charge in [0.05, 0.1) is 11.4 Å². The lowest BCUT2D eigenvalue weighted by atomic mass is 10.0. The molecule has 30 heavy (non-hydrogen) atoms. The van der Waals surface area contributed by atoms with E-state index in [1.807, 2.05) is 24.3 Å². The Morgan fingerprint density at radius 2 is 1.67 bits per heavy atom. The van der Waals surface area contributed by atoms with Crippen molar-refractivity contribution in [2.45, 2.75) is 25.9 Å². The summed E-state index contributed by atoms with van der Waals surface area (Å²) in [6.07, 6.45) is 5.83. The Morgan fingerprint density at radius 1 is 1.03 bits per heavy atom. The van der Waals surface area contributed by atoms with Gasteiger partial charge < -0.3 is 10.2 Å². The number of benzene rings is 1. The SMILES string of the molecule is C[C@@H]1CN(c2ccccc2C(=O)/C=C/c2cccc(/C=C/C(=O)NO)n2)C[C@H](C)N1. The Morgan fingerprint density at radius 3 is 2.33 bits per heavy atom. The second kappa shape index (κ2) is 9.96. The first-order chi connectivity index (χ1) is 14.5. The van der Waals surface area contributed by atoms with Gasteiger partial charge in [0, 0.05) is 42.5 Å². The number of pyridine rings is 1. The molecule has 0 saturated carbocycles. The maximum atomic E-state index is 12.9. The monoisotopic (exact) mass is 406 g/mol. The number of amides is 1. The first-order valence-corrected chi connectivity index (χ1v) is 9.88. The highest BCUT2D eigenvalue weighted by Gasteiger charge is 2.23. The maximum Gasteiger partial charge on any atom is 0.267 e. The molecule has 156 valence electrons. The highest BCUT2D eigenvalue weighted by atomic mass is 16.5. The molecule has 1 aromatic carbocycles. The van der Waals surface area contributed by atoms with Crippen molar-refractivity contribution in [2.24, 2.45) is 0 Å². The molecule has 2 atom stereocenters. The number of carbonyl (C=O) groups excluding carboxylic acids is 2. The van der Waals surface area contributed by atoms with E-state index in [-0.39, 0.29) is 5.78 Å². The molecule has 0 aliphatic carbocycles. The van der Waals surface area contributed by atoms with E-state index >= 15 is 0 Å². The van der Waals surface area contributed by atoms with E-state index < -0.39 is 5.91 Å². The normalized spacial score (nSPS) is 19.4. The number of ketones is 1. The third kappa shape index (κ3) is 5.62. The number of allylic oxidation sites excluding steroid dienone is 1. The highest BCUT2D eigenvalue weighted by molar-refractivity contribution is 6.10. The maximum absolute atomic E-state index is 12.9. The Balaban J connectivity index is 1.78. The van der Waals surface area contributed by atoms with Crippen LogP contribution >= 0.6 is 0 Å². The lowest BCUT2D eigenvalue weighted by molar-refractivity contribution is -0.124. The van der Waals surface area contributed by atoms with Crippen LogP contribution in [0.4, 0.5) is 5.69 Å². The van der Waals surface area contributed by atoms with Crippen molar-refractivity contribution in [1.82, 2.24) is 15.8 Å². The molecule has 2 heterocycles. The zero-order valence-corrected chi connectivity index (χ0v) is 17.1. The minimum Gasteiger partial charge on any atom is -0.368 e. The van der Waals surface area contributed by atoms with Crippen LogP contribution in [0, 0.1) is 0 Å².